The molecule has 7 nitrogen and oxygen atoms in total. The van der Waals surface area contributed by atoms with Gasteiger partial charge in [-0.3, -0.25) is 15.1 Å². The molecule has 0 fully saturated rings. The summed E-state index contributed by atoms with van der Waals surface area (Å²) in [7, 11) is 0. The van der Waals surface area contributed by atoms with Gasteiger partial charge in [0.05, 0.1) is 17.5 Å². The molecule has 0 atom stereocenters. The Labute approximate surface area is 150 Å². The van der Waals surface area contributed by atoms with Crippen LogP contribution in [0.3, 0.4) is 0 Å². The number of hydrogen-bond acceptors (Lipinski definition) is 6. The summed E-state index contributed by atoms with van der Waals surface area (Å²) in [6.07, 6.45) is 3.03. The minimum Gasteiger partial charge on any atom is -0.450 e. The van der Waals surface area contributed by atoms with E-state index in [9.17, 15) is 10.1 Å². The van der Waals surface area contributed by atoms with E-state index in [0.29, 0.717) is 41.1 Å². The largest absolute Gasteiger partial charge is 0.450 e. The lowest BCUT2D eigenvalue weighted by atomic mass is 10.2. The number of nitro groups is 1. The Morgan fingerprint density at radius 3 is 2.92 bits per heavy atom. The van der Waals surface area contributed by atoms with Gasteiger partial charge in [0.2, 0.25) is 5.84 Å². The Kier molecular flexibility index (Phi) is 4.96. The quantitative estimate of drug-likeness (QED) is 0.426. The van der Waals surface area contributed by atoms with E-state index in [2.05, 4.69) is 25.9 Å². The second-order valence-electron chi connectivity index (χ2n) is 5.04. The molecule has 0 N–H and O–H groups in total. The summed E-state index contributed by atoms with van der Waals surface area (Å²) < 4.78 is 5.84. The molecule has 9 heteroatoms. The summed E-state index contributed by atoms with van der Waals surface area (Å²) in [5, 5.41) is 11.9. The SMILES string of the molecule is O=[N+]([O-])/C(=C\c1ccc(Br)o1)C1=NCCN1Cc1ccc(Cl)nc1. The lowest BCUT2D eigenvalue weighted by Crippen LogP contribution is -2.30. The fourth-order valence-electron chi connectivity index (χ4n) is 2.34. The predicted octanol–water partition coefficient (Wildman–Crippen LogP) is 3.62. The summed E-state index contributed by atoms with van der Waals surface area (Å²) in [4.78, 5) is 21.2. The second kappa shape index (κ2) is 7.14. The number of rotatable bonds is 5. The number of pyridine rings is 1. The van der Waals surface area contributed by atoms with Crippen molar-refractivity contribution in [1.29, 1.82) is 0 Å². The summed E-state index contributed by atoms with van der Waals surface area (Å²) in [5.74, 6) is 0.721. The number of halogens is 2. The van der Waals surface area contributed by atoms with Crippen LogP contribution in [0.1, 0.15) is 11.3 Å². The fraction of sp³-hybridized carbons (Fsp3) is 0.200. The minimum absolute atomic E-state index is 0.101. The van der Waals surface area contributed by atoms with Gasteiger partial charge in [-0.25, -0.2) is 4.98 Å². The molecule has 1 aliphatic rings. The molecular weight excluding hydrogens is 400 g/mol. The molecule has 0 saturated carbocycles. The van der Waals surface area contributed by atoms with Crippen molar-refractivity contribution in [3.63, 3.8) is 0 Å². The predicted molar refractivity (Wildman–Crippen MR) is 93.3 cm³/mol. The van der Waals surface area contributed by atoms with E-state index in [4.69, 9.17) is 16.0 Å². The molecule has 2 aromatic heterocycles. The van der Waals surface area contributed by atoms with Crippen molar-refractivity contribution in [2.24, 2.45) is 4.99 Å². The molecule has 0 spiro atoms. The normalized spacial score (nSPS) is 14.8. The maximum absolute atomic E-state index is 11.5. The van der Waals surface area contributed by atoms with Crippen LogP contribution in [0.2, 0.25) is 5.15 Å². The van der Waals surface area contributed by atoms with Crippen LogP contribution in [0.25, 0.3) is 6.08 Å². The molecule has 0 unspecified atom stereocenters. The first-order chi connectivity index (χ1) is 11.5. The standard InChI is InChI=1S/C15H12BrClN4O3/c16-13-3-2-11(24-13)7-12(21(22)23)15-18-5-6-20(15)9-10-1-4-14(17)19-8-10/h1-4,7-8H,5-6,9H2/b12-7-. The van der Waals surface area contributed by atoms with E-state index in [1.165, 1.54) is 6.08 Å². The van der Waals surface area contributed by atoms with Crippen molar-refractivity contribution in [3.05, 3.63) is 67.4 Å². The average Bonchev–Trinajstić information content (AvgIpc) is 3.16. The molecule has 124 valence electrons. The van der Waals surface area contributed by atoms with E-state index in [1.54, 1.807) is 24.4 Å². The van der Waals surface area contributed by atoms with Crippen LogP contribution in [0.4, 0.5) is 0 Å². The lowest BCUT2D eigenvalue weighted by molar-refractivity contribution is -0.414. The number of aromatic nitrogens is 1. The molecule has 2 aromatic rings. The molecule has 1 aliphatic heterocycles. The average molecular weight is 412 g/mol. The van der Waals surface area contributed by atoms with E-state index in [0.717, 1.165) is 5.56 Å². The number of hydrogen-bond donors (Lipinski definition) is 0. The highest BCUT2D eigenvalue weighted by Gasteiger charge is 2.29. The Morgan fingerprint density at radius 1 is 1.46 bits per heavy atom. The molecule has 3 heterocycles. The first kappa shape index (κ1) is 16.7. The van der Waals surface area contributed by atoms with Crippen LogP contribution in [0, 0.1) is 10.1 Å². The van der Waals surface area contributed by atoms with Gasteiger partial charge in [0.25, 0.3) is 0 Å². The van der Waals surface area contributed by atoms with E-state index in [-0.39, 0.29) is 5.70 Å². The van der Waals surface area contributed by atoms with Gasteiger partial charge < -0.3 is 9.32 Å². The second-order valence-corrected chi connectivity index (χ2v) is 6.21. The van der Waals surface area contributed by atoms with Crippen LogP contribution in [0.5, 0.6) is 0 Å². The molecule has 24 heavy (non-hydrogen) atoms. The first-order valence-electron chi connectivity index (χ1n) is 7.04. The molecule has 0 bridgehead atoms. The molecule has 0 amide bonds. The van der Waals surface area contributed by atoms with Gasteiger partial charge in [-0.2, -0.15) is 0 Å². The van der Waals surface area contributed by atoms with Crippen molar-refractivity contribution in [2.45, 2.75) is 6.54 Å². The van der Waals surface area contributed by atoms with Gasteiger partial charge in [0.1, 0.15) is 10.9 Å². The lowest BCUT2D eigenvalue weighted by Gasteiger charge is -2.18. The van der Waals surface area contributed by atoms with Crippen molar-refractivity contribution in [3.8, 4) is 0 Å². The zero-order valence-corrected chi connectivity index (χ0v) is 14.7. The first-order valence-corrected chi connectivity index (χ1v) is 8.21. The Hall–Kier alpha value is -2.19. The topological polar surface area (TPSA) is 84.8 Å². The number of nitrogens with zero attached hydrogens (tertiary/aromatic N) is 4. The number of amidine groups is 1. The molecule has 0 aromatic carbocycles. The van der Waals surface area contributed by atoms with Gasteiger partial charge in [-0.15, -0.1) is 0 Å². The van der Waals surface area contributed by atoms with Crippen molar-refractivity contribution in [2.75, 3.05) is 13.1 Å². The van der Waals surface area contributed by atoms with Gasteiger partial charge in [0, 0.05) is 19.3 Å². The highest BCUT2D eigenvalue weighted by atomic mass is 79.9. The molecule has 0 aliphatic carbocycles. The Bertz CT molecular complexity index is 816. The molecular formula is C15H12BrClN4O3. The molecule has 3 rings (SSSR count). The summed E-state index contributed by atoms with van der Waals surface area (Å²) in [6.45, 7) is 1.57. The third-order valence-corrected chi connectivity index (χ3v) is 4.04. The highest BCUT2D eigenvalue weighted by molar-refractivity contribution is 9.10. The molecule has 0 saturated heterocycles. The zero-order chi connectivity index (χ0) is 17.1. The van der Waals surface area contributed by atoms with Crippen LogP contribution < -0.4 is 0 Å². The van der Waals surface area contributed by atoms with Gasteiger partial charge in [-0.05, 0) is 39.7 Å². The van der Waals surface area contributed by atoms with Crippen molar-refractivity contribution >= 4 is 39.4 Å². The third-order valence-electron chi connectivity index (χ3n) is 3.39. The van der Waals surface area contributed by atoms with E-state index >= 15 is 0 Å². The number of furan rings is 1. The fourth-order valence-corrected chi connectivity index (χ4v) is 2.77. The van der Waals surface area contributed by atoms with Crippen LogP contribution >= 0.6 is 27.5 Å². The van der Waals surface area contributed by atoms with Crippen molar-refractivity contribution < 1.29 is 9.34 Å². The minimum atomic E-state index is -0.451. The zero-order valence-electron chi connectivity index (χ0n) is 12.4. The van der Waals surface area contributed by atoms with Crippen LogP contribution in [-0.4, -0.2) is 33.7 Å². The third kappa shape index (κ3) is 3.82. The summed E-state index contributed by atoms with van der Waals surface area (Å²) in [6, 6.07) is 6.85. The Balaban J connectivity index is 1.85. The number of aliphatic imine (C=N–C) groups is 1. The maximum Gasteiger partial charge on any atom is 0.314 e. The van der Waals surface area contributed by atoms with E-state index in [1.807, 2.05) is 11.0 Å². The van der Waals surface area contributed by atoms with Gasteiger partial charge in [0.15, 0.2) is 4.67 Å². The maximum atomic E-state index is 11.5. The van der Waals surface area contributed by atoms with Gasteiger partial charge in [-0.1, -0.05) is 17.7 Å². The van der Waals surface area contributed by atoms with Crippen LogP contribution in [0.15, 0.2) is 50.2 Å². The summed E-state index contributed by atoms with van der Waals surface area (Å²) >= 11 is 8.96. The van der Waals surface area contributed by atoms with Gasteiger partial charge >= 0.3 is 5.70 Å². The highest BCUT2D eigenvalue weighted by Crippen LogP contribution is 2.21. The molecule has 0 radical (unpaired) electrons. The smallest absolute Gasteiger partial charge is 0.314 e. The van der Waals surface area contributed by atoms with Crippen molar-refractivity contribution in [1.82, 2.24) is 9.88 Å². The monoisotopic (exact) mass is 410 g/mol. The Morgan fingerprint density at radius 2 is 2.29 bits per heavy atom. The summed E-state index contributed by atoms with van der Waals surface area (Å²) in [5.41, 5.74) is 0.800. The van der Waals surface area contributed by atoms with Crippen LogP contribution in [-0.2, 0) is 6.54 Å². The van der Waals surface area contributed by atoms with E-state index < -0.39 is 4.92 Å².